The number of carboxylic acid groups (broad SMARTS) is 1. The molecular formula is C33H38N2O13. The third-order valence-electron chi connectivity index (χ3n) is 7.77. The lowest BCUT2D eigenvalue weighted by Gasteiger charge is -2.45. The van der Waals surface area contributed by atoms with Crippen molar-refractivity contribution < 1.29 is 62.3 Å². The zero-order chi connectivity index (χ0) is 35.1. The van der Waals surface area contributed by atoms with Crippen LogP contribution in [0.15, 0.2) is 48.5 Å². The van der Waals surface area contributed by atoms with Crippen LogP contribution in [0.2, 0.25) is 0 Å². The average molecular weight is 671 g/mol. The van der Waals surface area contributed by atoms with Gasteiger partial charge in [0.05, 0.1) is 6.10 Å². The number of carboxylic acids is 1. The molecule has 7 atom stereocenters. The Labute approximate surface area is 276 Å². The number of aliphatic carboxylic acids is 1. The predicted molar refractivity (Wildman–Crippen MR) is 164 cm³/mol. The molecule has 0 radical (unpaired) electrons. The Morgan fingerprint density at radius 1 is 0.792 bits per heavy atom. The SMILES string of the molecule is CC(=O)N[C@@H]1[C@H](O[C@H](C)[C@H](NC(=O)OCC2c3ccccc3-c3ccccc32)C(=O)O)O[C@H](COC(C)=O)[C@@H](OC(C)=O)[C@@H]1OC(C)=O. The first-order valence-corrected chi connectivity index (χ1v) is 15.2. The first-order valence-electron chi connectivity index (χ1n) is 15.2. The maximum Gasteiger partial charge on any atom is 0.407 e. The number of esters is 3. The molecular weight excluding hydrogens is 632 g/mol. The maximum absolute atomic E-state index is 13.0. The van der Waals surface area contributed by atoms with E-state index in [9.17, 15) is 33.9 Å². The highest BCUT2D eigenvalue weighted by Crippen LogP contribution is 2.44. The van der Waals surface area contributed by atoms with Gasteiger partial charge >= 0.3 is 30.0 Å². The minimum atomic E-state index is -1.69. The molecule has 1 aliphatic heterocycles. The van der Waals surface area contributed by atoms with Crippen molar-refractivity contribution in [2.24, 2.45) is 0 Å². The number of nitrogens with one attached hydrogen (secondary N) is 2. The molecule has 3 N–H and O–H groups in total. The molecule has 1 aliphatic carbocycles. The lowest BCUT2D eigenvalue weighted by atomic mass is 9.95. The summed E-state index contributed by atoms with van der Waals surface area (Å²) in [6.45, 7) is 5.26. The third-order valence-corrected chi connectivity index (χ3v) is 7.77. The van der Waals surface area contributed by atoms with Crippen molar-refractivity contribution in [2.45, 2.75) is 83.3 Å². The van der Waals surface area contributed by atoms with Crippen molar-refractivity contribution in [1.29, 1.82) is 0 Å². The summed E-state index contributed by atoms with van der Waals surface area (Å²) in [6, 6.07) is 12.4. The minimum absolute atomic E-state index is 0.0722. The van der Waals surface area contributed by atoms with E-state index >= 15 is 0 Å². The molecule has 4 rings (SSSR count). The summed E-state index contributed by atoms with van der Waals surface area (Å²) in [5.41, 5.74) is 3.97. The number of amides is 2. The van der Waals surface area contributed by atoms with Gasteiger partial charge in [0.1, 0.15) is 25.4 Å². The van der Waals surface area contributed by atoms with Gasteiger partial charge < -0.3 is 44.2 Å². The number of alkyl carbamates (subject to hydrolysis) is 1. The van der Waals surface area contributed by atoms with E-state index in [0.29, 0.717) is 0 Å². The van der Waals surface area contributed by atoms with E-state index in [1.807, 2.05) is 48.5 Å². The number of hydrogen-bond donors (Lipinski definition) is 3. The number of carbonyl (C=O) groups is 6. The molecule has 2 aromatic carbocycles. The summed E-state index contributed by atoms with van der Waals surface area (Å²) in [4.78, 5) is 73.2. The topological polar surface area (TPSA) is 202 Å². The molecule has 0 spiro atoms. The second-order valence-corrected chi connectivity index (χ2v) is 11.3. The van der Waals surface area contributed by atoms with E-state index < -0.39 is 85.3 Å². The number of rotatable bonds is 12. The number of ether oxygens (including phenoxy) is 6. The van der Waals surface area contributed by atoms with Crippen molar-refractivity contribution in [3.63, 3.8) is 0 Å². The molecule has 2 aromatic rings. The highest BCUT2D eigenvalue weighted by atomic mass is 16.7. The zero-order valence-electron chi connectivity index (χ0n) is 27.0. The summed E-state index contributed by atoms with van der Waals surface area (Å²) < 4.78 is 33.2. The van der Waals surface area contributed by atoms with Crippen LogP contribution in [-0.4, -0.2) is 97.0 Å². The van der Waals surface area contributed by atoms with Crippen molar-refractivity contribution in [3.05, 3.63) is 59.7 Å². The fraction of sp³-hybridized carbons (Fsp3) is 0.455. The van der Waals surface area contributed by atoms with E-state index in [4.69, 9.17) is 28.4 Å². The van der Waals surface area contributed by atoms with Gasteiger partial charge in [0.2, 0.25) is 5.91 Å². The monoisotopic (exact) mass is 670 g/mol. The first kappa shape index (κ1) is 35.8. The Hall–Kier alpha value is -5.02. The van der Waals surface area contributed by atoms with Crippen LogP contribution in [0, 0.1) is 0 Å². The molecule has 0 unspecified atom stereocenters. The summed E-state index contributed by atoms with van der Waals surface area (Å²) in [5, 5.41) is 14.9. The van der Waals surface area contributed by atoms with Crippen LogP contribution < -0.4 is 10.6 Å². The van der Waals surface area contributed by atoms with Crippen molar-refractivity contribution in [2.75, 3.05) is 13.2 Å². The van der Waals surface area contributed by atoms with Gasteiger partial charge in [-0.05, 0) is 29.2 Å². The largest absolute Gasteiger partial charge is 0.480 e. The van der Waals surface area contributed by atoms with E-state index in [1.165, 1.54) is 6.92 Å². The molecule has 2 aliphatic rings. The van der Waals surface area contributed by atoms with Gasteiger partial charge in [0.15, 0.2) is 24.5 Å². The molecule has 0 saturated carbocycles. The second-order valence-electron chi connectivity index (χ2n) is 11.3. The summed E-state index contributed by atoms with van der Waals surface area (Å²) in [7, 11) is 0. The predicted octanol–water partition coefficient (Wildman–Crippen LogP) is 2.04. The highest BCUT2D eigenvalue weighted by molar-refractivity contribution is 5.81. The van der Waals surface area contributed by atoms with Crippen molar-refractivity contribution in [1.82, 2.24) is 10.6 Å². The average Bonchev–Trinajstić information content (AvgIpc) is 3.33. The van der Waals surface area contributed by atoms with Gasteiger partial charge in [0, 0.05) is 33.6 Å². The van der Waals surface area contributed by atoms with E-state index in [-0.39, 0.29) is 12.5 Å². The van der Waals surface area contributed by atoms with Crippen LogP contribution in [0.4, 0.5) is 4.79 Å². The van der Waals surface area contributed by atoms with E-state index in [1.54, 1.807) is 0 Å². The normalized spacial score (nSPS) is 22.6. The summed E-state index contributed by atoms with van der Waals surface area (Å²) >= 11 is 0. The van der Waals surface area contributed by atoms with Crippen LogP contribution in [0.5, 0.6) is 0 Å². The third kappa shape index (κ3) is 8.66. The van der Waals surface area contributed by atoms with Crippen LogP contribution >= 0.6 is 0 Å². The molecule has 258 valence electrons. The van der Waals surface area contributed by atoms with Gasteiger partial charge in [0.25, 0.3) is 0 Å². The van der Waals surface area contributed by atoms with Crippen molar-refractivity contribution in [3.8, 4) is 11.1 Å². The van der Waals surface area contributed by atoms with Gasteiger partial charge in [-0.15, -0.1) is 0 Å². The van der Waals surface area contributed by atoms with Crippen LogP contribution in [0.1, 0.15) is 51.7 Å². The molecule has 1 saturated heterocycles. The smallest absolute Gasteiger partial charge is 0.407 e. The number of hydrogen-bond acceptors (Lipinski definition) is 12. The quantitative estimate of drug-likeness (QED) is 0.219. The molecule has 0 bridgehead atoms. The standard InChI is InChI=1S/C33H38N2O13/c1-16(27(31(40)41)35-33(42)44-14-25-23-12-8-6-10-21(23)22-11-7-9-13-24(22)25)45-32-28(34-17(2)36)30(47-20(5)39)29(46-19(4)38)26(48-32)15-43-18(3)37/h6-13,16,25-30,32H,14-15H2,1-5H3,(H,34,36)(H,35,42)(H,40,41)/t16-,26-,27+,28+,29-,30-,32-/m1/s1. The fourth-order valence-corrected chi connectivity index (χ4v) is 5.84. The van der Waals surface area contributed by atoms with E-state index in [2.05, 4.69) is 10.6 Å². The molecule has 15 nitrogen and oxygen atoms in total. The lowest BCUT2D eigenvalue weighted by Crippen LogP contribution is -2.67. The van der Waals surface area contributed by atoms with Gasteiger partial charge in [-0.3, -0.25) is 19.2 Å². The maximum atomic E-state index is 13.0. The molecule has 0 aromatic heterocycles. The highest BCUT2D eigenvalue weighted by Gasteiger charge is 2.52. The Balaban J connectivity index is 1.52. The zero-order valence-corrected chi connectivity index (χ0v) is 27.0. The van der Waals surface area contributed by atoms with Crippen LogP contribution in [0.3, 0.4) is 0 Å². The number of benzene rings is 2. The Kier molecular flexibility index (Phi) is 11.7. The van der Waals surface area contributed by atoms with Crippen LogP contribution in [-0.2, 0) is 52.4 Å². The fourth-order valence-electron chi connectivity index (χ4n) is 5.84. The second kappa shape index (κ2) is 15.7. The minimum Gasteiger partial charge on any atom is -0.480 e. The molecule has 15 heteroatoms. The molecule has 48 heavy (non-hydrogen) atoms. The first-order chi connectivity index (χ1) is 22.8. The van der Waals surface area contributed by atoms with Gasteiger partial charge in [-0.2, -0.15) is 0 Å². The van der Waals surface area contributed by atoms with Gasteiger partial charge in [-0.25, -0.2) is 9.59 Å². The number of carbonyl (C=O) groups excluding carboxylic acids is 5. The van der Waals surface area contributed by atoms with E-state index in [0.717, 1.165) is 49.9 Å². The Morgan fingerprint density at radius 2 is 1.35 bits per heavy atom. The Bertz CT molecular complexity index is 1500. The number of fused-ring (bicyclic) bond motifs is 3. The van der Waals surface area contributed by atoms with Crippen LogP contribution in [0.25, 0.3) is 11.1 Å². The van der Waals surface area contributed by atoms with Gasteiger partial charge in [-0.1, -0.05) is 48.5 Å². The Morgan fingerprint density at radius 3 is 1.88 bits per heavy atom. The molecule has 1 fully saturated rings. The summed E-state index contributed by atoms with van der Waals surface area (Å²) in [5.74, 6) is -4.67. The summed E-state index contributed by atoms with van der Waals surface area (Å²) in [6.07, 6.45) is -7.98. The lowest BCUT2D eigenvalue weighted by molar-refractivity contribution is -0.287. The molecule has 1 heterocycles. The van der Waals surface area contributed by atoms with Crippen molar-refractivity contribution >= 4 is 35.9 Å². The molecule has 2 amide bonds.